The minimum Gasteiger partial charge on any atom is -0.464 e. The number of aromatic nitrogens is 5. The number of piperidine rings is 1. The summed E-state index contributed by atoms with van der Waals surface area (Å²) in [4.78, 5) is 73.9. The van der Waals surface area contributed by atoms with Crippen LogP contribution < -0.4 is 15.4 Å². The van der Waals surface area contributed by atoms with E-state index in [0.29, 0.717) is 18.3 Å². The fourth-order valence-electron chi connectivity index (χ4n) is 10.7. The SMILES string of the molecule is COC(=O)N[C@H](C(=O)N1CCC[C@H]1c1ncc(-c2ccc3c(c2)OC(c2cc4ccccc4s2)n2c-3cc3cc(-c4cnc([C@@H]5C[C@H]6C[C@H]6N5C(=O)[C@@H](NC(=O)OC)C(C)C)[nH]4)ccc32)[nH]1)C(C)C. The molecule has 1 unspecified atom stereocenters. The van der Waals surface area contributed by atoms with E-state index in [9.17, 15) is 19.2 Å². The van der Waals surface area contributed by atoms with Crippen LogP contribution in [-0.4, -0.2) is 97.2 Å². The van der Waals surface area contributed by atoms with Crippen LogP contribution in [0.2, 0.25) is 0 Å². The molecule has 0 radical (unpaired) electrons. The number of benzene rings is 3. The highest BCUT2D eigenvalue weighted by atomic mass is 32.1. The Hall–Kier alpha value is -7.14. The van der Waals surface area contributed by atoms with Crippen molar-refractivity contribution in [3.8, 4) is 39.5 Å². The highest BCUT2D eigenvalue weighted by Crippen LogP contribution is 2.54. The molecule has 16 nitrogen and oxygen atoms in total. The number of carbonyl (C=O) groups excluding carboxylic acids is 4. The molecule has 7 atom stereocenters. The molecule has 4 aromatic heterocycles. The number of imidazole rings is 2. The highest BCUT2D eigenvalue weighted by Gasteiger charge is 2.56. The van der Waals surface area contributed by atoms with Crippen molar-refractivity contribution in [2.45, 2.75) is 89.8 Å². The smallest absolute Gasteiger partial charge is 0.407 e. The molecule has 0 spiro atoms. The standard InChI is InChI=1S/C52H55N9O7S/c1-26(2)44(57-51(64)66-5)48(62)59-17-9-11-37(59)46-53-25-35(55-46)29-13-15-33-39-20-31-18-28(14-16-36(31)61(39)50(68-41(33)22-29)43-23-30-10-7-8-12-42(30)69-43)34-24-54-47(56-34)40-21-32-19-38(32)60(40)49(63)45(27(3)4)58-52(65)67-6/h7-8,10,12-16,18,20,22-27,32,37-38,40,44-45,50H,9,11,17,19,21H2,1-6H3,(H,53,55)(H,54,56)(H,57,64)(H,58,65)/t32-,37+,38-,40+,44+,45+,50?/m1/s1. The third kappa shape index (κ3) is 7.85. The second-order valence-corrected chi connectivity index (χ2v) is 20.5. The summed E-state index contributed by atoms with van der Waals surface area (Å²) >= 11 is 1.72. The molecule has 7 aromatic rings. The molecule has 1 aliphatic carbocycles. The van der Waals surface area contributed by atoms with Crippen LogP contribution in [0.25, 0.3) is 54.8 Å². The number of thiophene rings is 1. The van der Waals surface area contributed by atoms with Gasteiger partial charge in [-0.2, -0.15) is 0 Å². The Bertz CT molecular complexity index is 3120. The van der Waals surface area contributed by atoms with Gasteiger partial charge in [0.25, 0.3) is 0 Å². The first-order valence-corrected chi connectivity index (χ1v) is 24.6. The molecule has 7 heterocycles. The summed E-state index contributed by atoms with van der Waals surface area (Å²) in [5.41, 5.74) is 6.50. The van der Waals surface area contributed by atoms with Crippen molar-refractivity contribution in [1.82, 2.24) is 44.9 Å². The Balaban J connectivity index is 0.907. The molecule has 3 aliphatic heterocycles. The van der Waals surface area contributed by atoms with Crippen LogP contribution in [0.15, 0.2) is 85.2 Å². The van der Waals surface area contributed by atoms with E-state index in [1.165, 1.54) is 18.9 Å². The van der Waals surface area contributed by atoms with Crippen molar-refractivity contribution in [3.05, 3.63) is 102 Å². The lowest BCUT2D eigenvalue weighted by Crippen LogP contribution is -2.52. The first-order valence-electron chi connectivity index (χ1n) is 23.8. The Morgan fingerprint density at radius 1 is 0.768 bits per heavy atom. The number of alkyl carbamates (subject to hydrolysis) is 2. The summed E-state index contributed by atoms with van der Waals surface area (Å²) in [5.74, 6) is 2.05. The highest BCUT2D eigenvalue weighted by molar-refractivity contribution is 7.19. The predicted molar refractivity (Wildman–Crippen MR) is 261 cm³/mol. The van der Waals surface area contributed by atoms with Gasteiger partial charge in [-0.25, -0.2) is 19.6 Å². The molecule has 356 valence electrons. The van der Waals surface area contributed by atoms with Crippen molar-refractivity contribution < 1.29 is 33.4 Å². The van der Waals surface area contributed by atoms with E-state index >= 15 is 0 Å². The Kier molecular flexibility index (Phi) is 11.2. The zero-order chi connectivity index (χ0) is 47.8. The maximum absolute atomic E-state index is 14.1. The molecule has 2 saturated heterocycles. The predicted octanol–water partition coefficient (Wildman–Crippen LogP) is 9.33. The second kappa shape index (κ2) is 17.4. The largest absolute Gasteiger partial charge is 0.464 e. The maximum atomic E-state index is 14.1. The quantitative estimate of drug-likeness (QED) is 0.0980. The van der Waals surface area contributed by atoms with Gasteiger partial charge in [-0.15, -0.1) is 11.3 Å². The average Bonchev–Trinajstić information content (AvgIpc) is 4.11. The number of hydrogen-bond acceptors (Lipinski definition) is 10. The molecule has 4 N–H and O–H groups in total. The molecule has 17 heteroatoms. The third-order valence-corrected chi connectivity index (χ3v) is 15.5. The zero-order valence-electron chi connectivity index (χ0n) is 39.3. The van der Waals surface area contributed by atoms with Gasteiger partial charge < -0.3 is 44.6 Å². The molecule has 4 amide bonds. The molecular weight excluding hydrogens is 895 g/mol. The van der Waals surface area contributed by atoms with Gasteiger partial charge in [-0.05, 0) is 91.3 Å². The van der Waals surface area contributed by atoms with Crippen molar-refractivity contribution in [3.63, 3.8) is 0 Å². The number of nitrogens with zero attached hydrogens (tertiary/aromatic N) is 5. The molecule has 4 aliphatic rings. The Morgan fingerprint density at radius 3 is 2.13 bits per heavy atom. The van der Waals surface area contributed by atoms with Gasteiger partial charge in [0.1, 0.15) is 29.5 Å². The van der Waals surface area contributed by atoms with Crippen molar-refractivity contribution >= 4 is 56.3 Å². The number of methoxy groups -OCH3 is 2. The second-order valence-electron chi connectivity index (χ2n) is 19.4. The van der Waals surface area contributed by atoms with Crippen LogP contribution in [0.3, 0.4) is 0 Å². The monoisotopic (exact) mass is 949 g/mol. The summed E-state index contributed by atoms with van der Waals surface area (Å²) in [5, 5.41) is 7.68. The van der Waals surface area contributed by atoms with E-state index in [1.807, 2.05) is 49.9 Å². The van der Waals surface area contributed by atoms with Crippen molar-refractivity contribution in [1.29, 1.82) is 0 Å². The number of H-pyrrole nitrogens is 2. The lowest BCUT2D eigenvalue weighted by atomic mass is 10.0. The minimum atomic E-state index is -0.723. The van der Waals surface area contributed by atoms with E-state index in [4.69, 9.17) is 24.2 Å². The number of hydrogen-bond donors (Lipinski definition) is 4. The van der Waals surface area contributed by atoms with Gasteiger partial charge in [0.2, 0.25) is 18.0 Å². The van der Waals surface area contributed by atoms with Gasteiger partial charge in [-0.1, -0.05) is 58.0 Å². The number of amides is 4. The number of fused-ring (bicyclic) bond motifs is 7. The summed E-state index contributed by atoms with van der Waals surface area (Å²) in [6.45, 7) is 8.22. The van der Waals surface area contributed by atoms with Crippen LogP contribution in [0.4, 0.5) is 9.59 Å². The fraction of sp³-hybridized carbons (Fsp3) is 0.385. The first kappa shape index (κ1) is 44.4. The van der Waals surface area contributed by atoms with Crippen LogP contribution >= 0.6 is 11.3 Å². The fourth-order valence-corrected chi connectivity index (χ4v) is 11.8. The van der Waals surface area contributed by atoms with Crippen LogP contribution in [0, 0.1) is 17.8 Å². The topological polar surface area (TPSA) is 189 Å². The molecular formula is C52H55N9O7S. The van der Waals surface area contributed by atoms with Crippen LogP contribution in [-0.2, 0) is 19.1 Å². The number of nitrogens with one attached hydrogen (secondary N) is 4. The van der Waals surface area contributed by atoms with E-state index < -0.39 is 30.5 Å². The lowest BCUT2D eigenvalue weighted by molar-refractivity contribution is -0.137. The van der Waals surface area contributed by atoms with E-state index in [-0.39, 0.29) is 41.8 Å². The summed E-state index contributed by atoms with van der Waals surface area (Å²) < 4.78 is 20.2. The van der Waals surface area contributed by atoms with E-state index in [0.717, 1.165) is 92.2 Å². The number of likely N-dealkylation sites (tertiary alicyclic amines) is 2. The number of rotatable bonds is 11. The summed E-state index contributed by atoms with van der Waals surface area (Å²) in [7, 11) is 2.60. The first-order chi connectivity index (χ1) is 33.4. The number of carbonyl (C=O) groups is 4. The van der Waals surface area contributed by atoms with Crippen LogP contribution in [0.1, 0.15) is 88.2 Å². The summed E-state index contributed by atoms with van der Waals surface area (Å²) in [6, 6.07) is 23.7. The normalized spacial score (nSPS) is 21.2. The zero-order valence-corrected chi connectivity index (χ0v) is 40.1. The van der Waals surface area contributed by atoms with Crippen molar-refractivity contribution in [2.24, 2.45) is 17.8 Å². The molecule has 69 heavy (non-hydrogen) atoms. The van der Waals surface area contributed by atoms with E-state index in [2.05, 4.69) is 98.0 Å². The van der Waals surface area contributed by atoms with Gasteiger partial charge in [0, 0.05) is 39.4 Å². The summed E-state index contributed by atoms with van der Waals surface area (Å²) in [6.07, 6.45) is 5.28. The van der Waals surface area contributed by atoms with Gasteiger partial charge in [0.15, 0.2) is 0 Å². The lowest BCUT2D eigenvalue weighted by Gasteiger charge is -2.31. The van der Waals surface area contributed by atoms with Gasteiger partial charge in [-0.3, -0.25) is 14.2 Å². The number of ether oxygens (including phenoxy) is 3. The number of aromatic amines is 2. The Labute approximate surface area is 402 Å². The molecule has 3 fully saturated rings. The molecule has 0 bridgehead atoms. The van der Waals surface area contributed by atoms with E-state index in [1.54, 1.807) is 11.3 Å². The Morgan fingerprint density at radius 2 is 1.43 bits per heavy atom. The minimum absolute atomic E-state index is 0.113. The average molecular weight is 950 g/mol. The van der Waals surface area contributed by atoms with Crippen LogP contribution in [0.5, 0.6) is 5.75 Å². The molecule has 3 aromatic carbocycles. The maximum Gasteiger partial charge on any atom is 0.407 e. The van der Waals surface area contributed by atoms with Crippen molar-refractivity contribution in [2.75, 3.05) is 20.8 Å². The third-order valence-electron chi connectivity index (χ3n) is 14.4. The molecule has 1 saturated carbocycles. The van der Waals surface area contributed by atoms with Gasteiger partial charge in [0.05, 0.1) is 66.2 Å². The molecule has 11 rings (SSSR count). The van der Waals surface area contributed by atoms with Gasteiger partial charge >= 0.3 is 12.2 Å².